The summed E-state index contributed by atoms with van der Waals surface area (Å²) in [6.45, 7) is 1.28. The molecule has 0 aliphatic carbocycles. The predicted octanol–water partition coefficient (Wildman–Crippen LogP) is 3.49. The normalized spacial score (nSPS) is 12.1. The second kappa shape index (κ2) is 8.76. The van der Waals surface area contributed by atoms with E-state index in [2.05, 4.69) is 5.32 Å². The van der Waals surface area contributed by atoms with Crippen LogP contribution < -0.4 is 5.32 Å². The molecule has 0 spiro atoms. The highest BCUT2D eigenvalue weighted by atomic mass is 35.5. The van der Waals surface area contributed by atoms with E-state index in [4.69, 9.17) is 27.9 Å². The molecule has 0 heterocycles. The molecule has 1 amide bonds. The Labute approximate surface area is 175 Å². The minimum Gasteiger partial charge on any atom is -0.449 e. The molecule has 0 aliphatic heterocycles. The van der Waals surface area contributed by atoms with Gasteiger partial charge in [0.1, 0.15) is 4.90 Å². The number of sulfone groups is 1. The number of rotatable bonds is 6. The fraction of sp³-hybridized carbons (Fsp3) is 0.176. The van der Waals surface area contributed by atoms with Crippen LogP contribution in [0.25, 0.3) is 0 Å². The fourth-order valence-corrected chi connectivity index (χ4v) is 3.39. The van der Waals surface area contributed by atoms with Gasteiger partial charge in [0.05, 0.1) is 26.2 Å². The summed E-state index contributed by atoms with van der Waals surface area (Å²) in [4.78, 5) is 34.1. The molecule has 0 saturated heterocycles. The van der Waals surface area contributed by atoms with Gasteiger partial charge in [0, 0.05) is 12.3 Å². The minimum absolute atomic E-state index is 0.105. The third-order valence-corrected chi connectivity index (χ3v) is 5.62. The van der Waals surface area contributed by atoms with Crippen LogP contribution in [0.5, 0.6) is 0 Å². The molecule has 0 fully saturated rings. The zero-order valence-corrected chi connectivity index (χ0v) is 17.3. The number of hydrogen-bond acceptors (Lipinski definition) is 7. The Hall–Kier alpha value is -2.69. The number of nitro benzene ring substituents is 1. The number of anilines is 1. The van der Waals surface area contributed by atoms with Crippen molar-refractivity contribution in [3.05, 3.63) is 62.1 Å². The van der Waals surface area contributed by atoms with Gasteiger partial charge >= 0.3 is 5.97 Å². The van der Waals surface area contributed by atoms with E-state index in [0.29, 0.717) is 0 Å². The molecule has 2 aromatic rings. The SMILES string of the molecule is C[C@@H](OC(=O)c1ccc(S(C)(=O)=O)c([N+](=O)[O-])c1)C(=O)Nc1cccc(Cl)c1Cl. The molecule has 154 valence electrons. The van der Waals surface area contributed by atoms with Crippen molar-refractivity contribution in [2.45, 2.75) is 17.9 Å². The van der Waals surface area contributed by atoms with Crippen molar-refractivity contribution in [3.8, 4) is 0 Å². The van der Waals surface area contributed by atoms with Crippen LogP contribution >= 0.6 is 23.2 Å². The van der Waals surface area contributed by atoms with Crippen molar-refractivity contribution >= 4 is 56.3 Å². The molecule has 0 aromatic heterocycles. The standard InChI is InChI=1S/C17H14Cl2N2O7S/c1-9(16(22)20-12-5-3-4-11(18)15(12)19)28-17(23)10-6-7-14(29(2,26)27)13(8-10)21(24)25/h3-9H,1-2H3,(H,20,22)/t9-/m1/s1. The van der Waals surface area contributed by atoms with Gasteiger partial charge in [0.15, 0.2) is 15.9 Å². The van der Waals surface area contributed by atoms with Gasteiger partial charge in [-0.1, -0.05) is 29.3 Å². The maximum atomic E-state index is 12.2. The first-order valence-corrected chi connectivity index (χ1v) is 10.5. The van der Waals surface area contributed by atoms with E-state index >= 15 is 0 Å². The summed E-state index contributed by atoms with van der Waals surface area (Å²) >= 11 is 11.8. The first kappa shape index (κ1) is 22.6. The Bertz CT molecular complexity index is 1100. The number of hydrogen-bond donors (Lipinski definition) is 1. The molecule has 1 atom stereocenters. The first-order chi connectivity index (χ1) is 13.4. The van der Waals surface area contributed by atoms with Crippen molar-refractivity contribution in [2.24, 2.45) is 0 Å². The topological polar surface area (TPSA) is 133 Å². The molecule has 0 saturated carbocycles. The summed E-state index contributed by atoms with van der Waals surface area (Å²) in [5, 5.41) is 13.9. The van der Waals surface area contributed by atoms with Gasteiger partial charge < -0.3 is 10.1 Å². The lowest BCUT2D eigenvalue weighted by atomic mass is 10.2. The van der Waals surface area contributed by atoms with Gasteiger partial charge in [-0.25, -0.2) is 13.2 Å². The number of esters is 1. The second-order valence-electron chi connectivity index (χ2n) is 5.85. The number of nitrogens with zero attached hydrogens (tertiary/aromatic N) is 1. The number of halogens is 2. The summed E-state index contributed by atoms with van der Waals surface area (Å²) in [5.74, 6) is -1.77. The van der Waals surface area contributed by atoms with Crippen LogP contribution in [0, 0.1) is 10.1 Å². The molecule has 0 unspecified atom stereocenters. The van der Waals surface area contributed by atoms with Gasteiger partial charge in [0.25, 0.3) is 11.6 Å². The van der Waals surface area contributed by atoms with Crippen LogP contribution in [0.2, 0.25) is 10.0 Å². The van der Waals surface area contributed by atoms with Crippen LogP contribution in [-0.2, 0) is 19.4 Å². The highest BCUT2D eigenvalue weighted by molar-refractivity contribution is 7.90. The van der Waals surface area contributed by atoms with Gasteiger partial charge in [-0.05, 0) is 31.2 Å². The molecule has 1 N–H and O–H groups in total. The molecular weight excluding hydrogens is 447 g/mol. The van der Waals surface area contributed by atoms with E-state index in [1.165, 1.54) is 19.1 Å². The predicted molar refractivity (Wildman–Crippen MR) is 106 cm³/mol. The van der Waals surface area contributed by atoms with E-state index in [1.54, 1.807) is 6.07 Å². The zero-order chi connectivity index (χ0) is 21.9. The Morgan fingerprint density at radius 3 is 2.45 bits per heavy atom. The average molecular weight is 461 g/mol. The quantitative estimate of drug-likeness (QED) is 0.396. The van der Waals surface area contributed by atoms with Gasteiger partial charge in [-0.2, -0.15) is 0 Å². The average Bonchev–Trinajstić information content (AvgIpc) is 2.64. The Morgan fingerprint density at radius 1 is 1.21 bits per heavy atom. The molecule has 12 heteroatoms. The Balaban J connectivity index is 2.19. The summed E-state index contributed by atoms with van der Waals surface area (Å²) in [6, 6.07) is 7.34. The lowest BCUT2D eigenvalue weighted by Gasteiger charge is -2.14. The summed E-state index contributed by atoms with van der Waals surface area (Å²) in [7, 11) is -3.88. The number of nitro groups is 1. The zero-order valence-electron chi connectivity index (χ0n) is 15.0. The van der Waals surface area contributed by atoms with Crippen molar-refractivity contribution < 1.29 is 27.7 Å². The number of carbonyl (C=O) groups excluding carboxylic acids is 2. The number of amides is 1. The number of ether oxygens (including phenoxy) is 1. The Kier molecular flexibility index (Phi) is 6.83. The van der Waals surface area contributed by atoms with Gasteiger partial charge in [0.2, 0.25) is 0 Å². The lowest BCUT2D eigenvalue weighted by molar-refractivity contribution is -0.387. The van der Waals surface area contributed by atoms with Crippen molar-refractivity contribution in [3.63, 3.8) is 0 Å². The van der Waals surface area contributed by atoms with Crippen LogP contribution in [0.4, 0.5) is 11.4 Å². The van der Waals surface area contributed by atoms with Crippen molar-refractivity contribution in [2.75, 3.05) is 11.6 Å². The summed E-state index contributed by atoms with van der Waals surface area (Å²) in [5.41, 5.74) is -0.852. The molecule has 0 bridgehead atoms. The van der Waals surface area contributed by atoms with Crippen LogP contribution in [-0.4, -0.2) is 37.6 Å². The second-order valence-corrected chi connectivity index (χ2v) is 8.62. The third kappa shape index (κ3) is 5.43. The fourth-order valence-electron chi connectivity index (χ4n) is 2.22. The first-order valence-electron chi connectivity index (χ1n) is 7.86. The maximum Gasteiger partial charge on any atom is 0.339 e. The van der Waals surface area contributed by atoms with E-state index in [9.17, 15) is 28.1 Å². The third-order valence-electron chi connectivity index (χ3n) is 3.65. The molecule has 0 aliphatic rings. The lowest BCUT2D eigenvalue weighted by Crippen LogP contribution is -2.30. The van der Waals surface area contributed by atoms with Crippen molar-refractivity contribution in [1.29, 1.82) is 0 Å². The monoisotopic (exact) mass is 460 g/mol. The van der Waals surface area contributed by atoms with E-state index < -0.39 is 43.3 Å². The maximum absolute atomic E-state index is 12.2. The van der Waals surface area contributed by atoms with E-state index in [-0.39, 0.29) is 21.3 Å². The van der Waals surface area contributed by atoms with Crippen molar-refractivity contribution in [1.82, 2.24) is 0 Å². The molecule has 2 rings (SSSR count). The van der Waals surface area contributed by atoms with Crippen LogP contribution in [0.1, 0.15) is 17.3 Å². The molecule has 2 aromatic carbocycles. The smallest absolute Gasteiger partial charge is 0.339 e. The molecule has 29 heavy (non-hydrogen) atoms. The largest absolute Gasteiger partial charge is 0.449 e. The summed E-state index contributed by atoms with van der Waals surface area (Å²) in [6.07, 6.45) is -0.480. The molecule has 0 radical (unpaired) electrons. The van der Waals surface area contributed by atoms with Crippen LogP contribution in [0.15, 0.2) is 41.3 Å². The summed E-state index contributed by atoms with van der Waals surface area (Å²) < 4.78 is 28.3. The van der Waals surface area contributed by atoms with E-state index in [0.717, 1.165) is 24.5 Å². The Morgan fingerprint density at radius 2 is 1.86 bits per heavy atom. The number of nitrogens with one attached hydrogen (secondary N) is 1. The van der Waals surface area contributed by atoms with Crippen LogP contribution in [0.3, 0.4) is 0 Å². The minimum atomic E-state index is -3.88. The number of benzene rings is 2. The highest BCUT2D eigenvalue weighted by Crippen LogP contribution is 2.30. The molecular formula is C17H14Cl2N2O7S. The van der Waals surface area contributed by atoms with E-state index in [1.807, 2.05) is 0 Å². The van der Waals surface area contributed by atoms with Gasteiger partial charge in [-0.3, -0.25) is 14.9 Å². The highest BCUT2D eigenvalue weighted by Gasteiger charge is 2.26. The number of carbonyl (C=O) groups is 2. The van der Waals surface area contributed by atoms with Gasteiger partial charge in [-0.15, -0.1) is 0 Å². The molecule has 9 nitrogen and oxygen atoms in total.